The Kier molecular flexibility index (Phi) is 4.69. The first-order valence-corrected chi connectivity index (χ1v) is 7.26. The Bertz CT molecular complexity index is 618. The Morgan fingerprint density at radius 3 is 2.60 bits per heavy atom. The largest absolute Gasteiger partial charge is 0.481 e. The monoisotopic (exact) mass is 385 g/mol. The summed E-state index contributed by atoms with van der Waals surface area (Å²) in [7, 11) is 3.42. The first-order chi connectivity index (χ1) is 9.56. The second-order valence-electron chi connectivity index (χ2n) is 4.45. The maximum absolute atomic E-state index is 5.11. The molecule has 0 atom stereocenters. The van der Waals surface area contributed by atoms with E-state index in [0.717, 1.165) is 15.1 Å². The Balaban J connectivity index is 2.58. The number of aromatic nitrogens is 4. The van der Waals surface area contributed by atoms with E-state index < -0.39 is 0 Å². The lowest BCUT2D eigenvalue weighted by Gasteiger charge is -2.13. The number of methoxy groups -OCH3 is 1. The van der Waals surface area contributed by atoms with Gasteiger partial charge in [-0.1, -0.05) is 13.8 Å². The summed E-state index contributed by atoms with van der Waals surface area (Å²) in [5, 5.41) is 3.10. The van der Waals surface area contributed by atoms with Gasteiger partial charge in [0.25, 0.3) is 0 Å². The molecule has 0 amide bonds. The Hall–Kier alpha value is -1.51. The maximum Gasteiger partial charge on any atom is 0.216 e. The van der Waals surface area contributed by atoms with Crippen molar-refractivity contribution in [3.8, 4) is 17.4 Å². The van der Waals surface area contributed by atoms with E-state index in [2.05, 4.69) is 61.7 Å². The topological polar surface area (TPSA) is 72.8 Å². The Morgan fingerprint density at radius 2 is 2.00 bits per heavy atom. The highest BCUT2D eigenvalue weighted by Crippen LogP contribution is 2.27. The third-order valence-electron chi connectivity index (χ3n) is 2.74. The normalized spacial score (nSPS) is 10.7. The molecule has 1 N–H and O–H groups in total. The summed E-state index contributed by atoms with van der Waals surface area (Å²) in [5.74, 6) is 2.17. The number of ether oxygens (including phenoxy) is 1. The van der Waals surface area contributed by atoms with Gasteiger partial charge in [0, 0.05) is 13.1 Å². The van der Waals surface area contributed by atoms with Crippen LogP contribution >= 0.6 is 22.6 Å². The minimum atomic E-state index is 0.305. The van der Waals surface area contributed by atoms with Gasteiger partial charge in [-0.3, -0.25) is 0 Å². The summed E-state index contributed by atoms with van der Waals surface area (Å²) in [6.07, 6.45) is 1.45. The van der Waals surface area contributed by atoms with Crippen LogP contribution in [0, 0.1) is 3.57 Å². The summed E-state index contributed by atoms with van der Waals surface area (Å²) < 4.78 is 6.14. The third kappa shape index (κ3) is 2.97. The minimum absolute atomic E-state index is 0.305. The molecule has 2 aromatic rings. The summed E-state index contributed by atoms with van der Waals surface area (Å²) in [6.45, 7) is 4.21. The van der Waals surface area contributed by atoms with Crippen molar-refractivity contribution in [2.75, 3.05) is 19.5 Å². The van der Waals surface area contributed by atoms with Gasteiger partial charge >= 0.3 is 0 Å². The molecule has 0 radical (unpaired) electrons. The molecular formula is C13H16IN5O. The maximum atomic E-state index is 5.11. The third-order valence-corrected chi connectivity index (χ3v) is 3.80. The van der Waals surface area contributed by atoms with Crippen molar-refractivity contribution in [1.29, 1.82) is 0 Å². The zero-order valence-electron chi connectivity index (χ0n) is 11.8. The van der Waals surface area contributed by atoms with Gasteiger partial charge < -0.3 is 10.1 Å². The predicted octanol–water partition coefficient (Wildman–Crippen LogP) is 2.71. The van der Waals surface area contributed by atoms with Crippen LogP contribution in [0.2, 0.25) is 0 Å². The fourth-order valence-electron chi connectivity index (χ4n) is 1.70. The molecule has 0 aliphatic heterocycles. The van der Waals surface area contributed by atoms with E-state index in [1.165, 1.54) is 6.33 Å². The number of nitrogens with one attached hydrogen (secondary N) is 1. The Labute approximate surface area is 131 Å². The van der Waals surface area contributed by atoms with Gasteiger partial charge in [0.2, 0.25) is 5.88 Å². The predicted molar refractivity (Wildman–Crippen MR) is 86.0 cm³/mol. The molecule has 6 nitrogen and oxygen atoms in total. The van der Waals surface area contributed by atoms with Crippen molar-refractivity contribution in [3.05, 3.63) is 21.7 Å². The second kappa shape index (κ2) is 6.29. The molecule has 20 heavy (non-hydrogen) atoms. The lowest BCUT2D eigenvalue weighted by molar-refractivity contribution is 0.397. The van der Waals surface area contributed by atoms with Crippen LogP contribution in [0.1, 0.15) is 25.5 Å². The highest BCUT2D eigenvalue weighted by Gasteiger charge is 2.16. The van der Waals surface area contributed by atoms with E-state index >= 15 is 0 Å². The molecule has 2 heterocycles. The number of hydrogen-bond acceptors (Lipinski definition) is 6. The lowest BCUT2D eigenvalue weighted by atomic mass is 10.1. The number of rotatable bonds is 4. The van der Waals surface area contributed by atoms with Crippen LogP contribution in [-0.2, 0) is 0 Å². The second-order valence-corrected chi connectivity index (χ2v) is 5.52. The van der Waals surface area contributed by atoms with Crippen molar-refractivity contribution in [1.82, 2.24) is 19.9 Å². The van der Waals surface area contributed by atoms with Crippen molar-refractivity contribution in [2.24, 2.45) is 0 Å². The number of hydrogen-bond donors (Lipinski definition) is 1. The fraction of sp³-hybridized carbons (Fsp3) is 0.385. The van der Waals surface area contributed by atoms with Crippen LogP contribution in [0.4, 0.5) is 5.82 Å². The van der Waals surface area contributed by atoms with Crippen LogP contribution in [0.25, 0.3) is 11.5 Å². The molecule has 0 saturated heterocycles. The van der Waals surface area contributed by atoms with Gasteiger partial charge in [-0.15, -0.1) is 0 Å². The molecule has 0 fully saturated rings. The Morgan fingerprint density at radius 1 is 1.25 bits per heavy atom. The van der Waals surface area contributed by atoms with Crippen molar-refractivity contribution in [2.45, 2.75) is 19.8 Å². The lowest BCUT2D eigenvalue weighted by Crippen LogP contribution is -2.07. The zero-order chi connectivity index (χ0) is 14.7. The van der Waals surface area contributed by atoms with E-state index in [0.29, 0.717) is 23.3 Å². The molecule has 2 aromatic heterocycles. The van der Waals surface area contributed by atoms with Gasteiger partial charge in [0.1, 0.15) is 17.8 Å². The molecule has 0 aromatic carbocycles. The van der Waals surface area contributed by atoms with Gasteiger partial charge in [-0.05, 0) is 28.5 Å². The van der Waals surface area contributed by atoms with Crippen LogP contribution < -0.4 is 10.1 Å². The zero-order valence-corrected chi connectivity index (χ0v) is 14.0. The fourth-order valence-corrected chi connectivity index (χ4v) is 2.83. The molecule has 106 valence electrons. The smallest absolute Gasteiger partial charge is 0.216 e. The molecule has 2 rings (SSSR count). The molecule has 0 saturated carbocycles. The first-order valence-electron chi connectivity index (χ1n) is 6.18. The van der Waals surface area contributed by atoms with Crippen molar-refractivity contribution >= 4 is 28.4 Å². The highest BCUT2D eigenvalue weighted by atomic mass is 127. The quantitative estimate of drug-likeness (QED) is 0.817. The molecule has 0 bridgehead atoms. The molecule has 0 aliphatic carbocycles. The van der Waals surface area contributed by atoms with E-state index in [4.69, 9.17) is 4.74 Å². The van der Waals surface area contributed by atoms with Crippen LogP contribution in [0.5, 0.6) is 5.88 Å². The van der Waals surface area contributed by atoms with Crippen LogP contribution in [0.15, 0.2) is 12.4 Å². The van der Waals surface area contributed by atoms with Gasteiger partial charge in [0.05, 0.1) is 16.4 Å². The molecular weight excluding hydrogens is 369 g/mol. The SMILES string of the molecule is CNc1nc(-c2cc(OC)ncn2)nc(C(C)C)c1I. The van der Waals surface area contributed by atoms with E-state index in [1.54, 1.807) is 13.2 Å². The number of nitrogens with zero attached hydrogens (tertiary/aromatic N) is 4. The van der Waals surface area contributed by atoms with Crippen molar-refractivity contribution in [3.63, 3.8) is 0 Å². The molecule has 0 unspecified atom stereocenters. The van der Waals surface area contributed by atoms with Gasteiger partial charge in [0.15, 0.2) is 5.82 Å². The summed E-state index contributed by atoms with van der Waals surface area (Å²) in [6, 6.07) is 1.73. The van der Waals surface area contributed by atoms with Crippen molar-refractivity contribution < 1.29 is 4.74 Å². The average Bonchev–Trinajstić information content (AvgIpc) is 2.47. The van der Waals surface area contributed by atoms with E-state index in [1.807, 2.05) is 7.05 Å². The van der Waals surface area contributed by atoms with E-state index in [-0.39, 0.29) is 0 Å². The first kappa shape index (κ1) is 14.9. The van der Waals surface area contributed by atoms with Crippen LogP contribution in [-0.4, -0.2) is 34.1 Å². The summed E-state index contributed by atoms with van der Waals surface area (Å²) in [5.41, 5.74) is 1.64. The molecule has 0 aliphatic rings. The summed E-state index contributed by atoms with van der Waals surface area (Å²) >= 11 is 2.26. The van der Waals surface area contributed by atoms with E-state index in [9.17, 15) is 0 Å². The highest BCUT2D eigenvalue weighted by molar-refractivity contribution is 14.1. The molecule has 0 spiro atoms. The standard InChI is InChI=1S/C13H16IN5O/c1-7(2)11-10(14)13(15-3)19-12(18-11)8-5-9(20-4)17-6-16-8/h5-7H,1-4H3,(H,15,18,19). The number of halogens is 1. The molecule has 7 heteroatoms. The van der Waals surface area contributed by atoms with Gasteiger partial charge in [-0.2, -0.15) is 0 Å². The van der Waals surface area contributed by atoms with Crippen LogP contribution in [0.3, 0.4) is 0 Å². The average molecular weight is 385 g/mol. The number of anilines is 1. The summed E-state index contributed by atoms with van der Waals surface area (Å²) in [4.78, 5) is 17.3. The minimum Gasteiger partial charge on any atom is -0.481 e. The van der Waals surface area contributed by atoms with Gasteiger partial charge in [-0.25, -0.2) is 19.9 Å².